The van der Waals surface area contributed by atoms with E-state index in [1.54, 1.807) is 31.4 Å². The first kappa shape index (κ1) is 17.7. The largest absolute Gasteiger partial charge is 0.502 e. The zero-order chi connectivity index (χ0) is 18.2. The van der Waals surface area contributed by atoms with Crippen LogP contribution in [0.5, 0.6) is 11.5 Å². The number of anilines is 1. The Balaban J connectivity index is 1.88. The number of hydrogen-bond acceptors (Lipinski definition) is 7. The molecule has 0 aliphatic heterocycles. The fraction of sp³-hybridized carbons (Fsp3) is 0.125. The van der Waals surface area contributed by atoms with Crippen LogP contribution >= 0.6 is 0 Å². The summed E-state index contributed by atoms with van der Waals surface area (Å²) in [6.45, 7) is -0.0137. The third kappa shape index (κ3) is 5.20. The Morgan fingerprint density at radius 1 is 1.36 bits per heavy atom. The Morgan fingerprint density at radius 2 is 2.16 bits per heavy atom. The summed E-state index contributed by atoms with van der Waals surface area (Å²) in [5.74, 6) is -0.168. The molecular formula is C16H16N4O5. The van der Waals surface area contributed by atoms with E-state index in [1.807, 2.05) is 0 Å². The molecule has 0 atom stereocenters. The lowest BCUT2D eigenvalue weighted by Gasteiger charge is -2.06. The number of nitro groups is 1. The lowest BCUT2D eigenvalue weighted by Crippen LogP contribution is -2.25. The fourth-order valence-electron chi connectivity index (χ4n) is 1.90. The molecule has 0 spiro atoms. The standard InChI is InChI=1S/C16H16N4O5/c1-25-13-4-2-3-12(8-13)17-10-16(22)19-18-9-11-5-6-15(21)14(7-11)20(23)24/h2-9,17,21H,10H2,1H3,(H,19,22)/b18-9-. The van der Waals surface area contributed by atoms with Crippen molar-refractivity contribution in [3.8, 4) is 11.5 Å². The van der Waals surface area contributed by atoms with Crippen molar-refractivity contribution in [2.24, 2.45) is 5.10 Å². The van der Waals surface area contributed by atoms with E-state index in [9.17, 15) is 20.0 Å². The van der Waals surface area contributed by atoms with Gasteiger partial charge in [-0.25, -0.2) is 5.43 Å². The van der Waals surface area contributed by atoms with Gasteiger partial charge in [0.05, 0.1) is 24.8 Å². The van der Waals surface area contributed by atoms with Gasteiger partial charge in [-0.05, 0) is 24.3 Å². The molecule has 3 N–H and O–H groups in total. The number of nitrogens with zero attached hydrogens (tertiary/aromatic N) is 2. The first-order valence-corrected chi connectivity index (χ1v) is 7.17. The fourth-order valence-corrected chi connectivity index (χ4v) is 1.90. The van der Waals surface area contributed by atoms with E-state index in [4.69, 9.17) is 4.74 Å². The third-order valence-corrected chi connectivity index (χ3v) is 3.12. The number of nitro benzene ring substituents is 1. The molecule has 0 aromatic heterocycles. The van der Waals surface area contributed by atoms with E-state index < -0.39 is 22.3 Å². The maximum Gasteiger partial charge on any atom is 0.311 e. The van der Waals surface area contributed by atoms with Crippen molar-refractivity contribution in [1.82, 2.24) is 5.43 Å². The second kappa shape index (κ2) is 8.29. The van der Waals surface area contributed by atoms with Crippen LogP contribution in [-0.2, 0) is 4.79 Å². The van der Waals surface area contributed by atoms with Gasteiger partial charge in [0.25, 0.3) is 5.91 Å². The van der Waals surface area contributed by atoms with E-state index in [0.717, 1.165) is 6.07 Å². The highest BCUT2D eigenvalue weighted by Gasteiger charge is 2.12. The quantitative estimate of drug-likeness (QED) is 0.400. The number of benzene rings is 2. The minimum Gasteiger partial charge on any atom is -0.502 e. The van der Waals surface area contributed by atoms with Crippen molar-refractivity contribution < 1.29 is 19.6 Å². The summed E-state index contributed by atoms with van der Waals surface area (Å²) in [6, 6.07) is 10.9. The predicted octanol–water partition coefficient (Wildman–Crippen LogP) is 1.87. The zero-order valence-corrected chi connectivity index (χ0v) is 13.3. The number of carbonyl (C=O) groups is 1. The highest BCUT2D eigenvalue weighted by molar-refractivity contribution is 5.85. The number of rotatable bonds is 7. The maximum atomic E-state index is 11.7. The molecule has 1 amide bonds. The number of hydrazone groups is 1. The van der Waals surface area contributed by atoms with Crippen molar-refractivity contribution in [1.29, 1.82) is 0 Å². The van der Waals surface area contributed by atoms with Crippen LogP contribution in [0, 0.1) is 10.1 Å². The monoisotopic (exact) mass is 344 g/mol. The summed E-state index contributed by atoms with van der Waals surface area (Å²) < 4.78 is 5.08. The van der Waals surface area contributed by atoms with Crippen LogP contribution in [0.15, 0.2) is 47.6 Å². The van der Waals surface area contributed by atoms with Crippen LogP contribution in [0.2, 0.25) is 0 Å². The second-order valence-corrected chi connectivity index (χ2v) is 4.88. The van der Waals surface area contributed by atoms with Crippen LogP contribution < -0.4 is 15.5 Å². The zero-order valence-electron chi connectivity index (χ0n) is 13.3. The highest BCUT2D eigenvalue weighted by atomic mass is 16.6. The molecule has 2 aromatic carbocycles. The molecule has 0 saturated carbocycles. The number of amides is 1. The van der Waals surface area contributed by atoms with Gasteiger partial charge in [0.2, 0.25) is 0 Å². The van der Waals surface area contributed by atoms with E-state index in [1.165, 1.54) is 18.3 Å². The molecule has 0 bridgehead atoms. The van der Waals surface area contributed by atoms with Crippen LogP contribution in [0.4, 0.5) is 11.4 Å². The molecule has 9 nitrogen and oxygen atoms in total. The summed E-state index contributed by atoms with van der Waals surface area (Å²) in [6.07, 6.45) is 1.25. The number of carbonyl (C=O) groups excluding carboxylic acids is 1. The molecule has 0 aliphatic rings. The van der Waals surface area contributed by atoms with Crippen molar-refractivity contribution in [2.75, 3.05) is 19.0 Å². The molecule has 9 heteroatoms. The van der Waals surface area contributed by atoms with Gasteiger partial charge < -0.3 is 15.2 Å². The van der Waals surface area contributed by atoms with Crippen LogP contribution in [0.25, 0.3) is 0 Å². The van der Waals surface area contributed by atoms with Crippen molar-refractivity contribution >= 4 is 23.5 Å². The van der Waals surface area contributed by atoms with E-state index in [-0.39, 0.29) is 6.54 Å². The Bertz CT molecular complexity index is 807. The molecular weight excluding hydrogens is 328 g/mol. The first-order chi connectivity index (χ1) is 12.0. The van der Waals surface area contributed by atoms with Crippen LogP contribution in [0.1, 0.15) is 5.56 Å². The minimum atomic E-state index is -0.705. The molecule has 2 rings (SSSR count). The van der Waals surface area contributed by atoms with Crippen molar-refractivity contribution in [2.45, 2.75) is 0 Å². The van der Waals surface area contributed by atoms with Crippen molar-refractivity contribution in [3.05, 3.63) is 58.1 Å². The van der Waals surface area contributed by atoms with Gasteiger partial charge in [-0.2, -0.15) is 5.10 Å². The molecule has 130 valence electrons. The average molecular weight is 344 g/mol. The van der Waals surface area contributed by atoms with Gasteiger partial charge in [0.1, 0.15) is 5.75 Å². The summed E-state index contributed by atoms with van der Waals surface area (Å²) >= 11 is 0. The van der Waals surface area contributed by atoms with Crippen LogP contribution in [0.3, 0.4) is 0 Å². The predicted molar refractivity (Wildman–Crippen MR) is 92.0 cm³/mol. The maximum absolute atomic E-state index is 11.7. The summed E-state index contributed by atoms with van der Waals surface area (Å²) in [4.78, 5) is 21.8. The number of phenols is 1. The Labute approximate surface area is 143 Å². The minimum absolute atomic E-state index is 0.0137. The molecule has 2 aromatic rings. The molecule has 0 saturated heterocycles. The lowest BCUT2D eigenvalue weighted by atomic mass is 10.2. The SMILES string of the molecule is COc1cccc(NCC(=O)N/N=C\c2ccc(O)c([N+](=O)[O-])c2)c1. The van der Waals surface area contributed by atoms with E-state index >= 15 is 0 Å². The topological polar surface area (TPSA) is 126 Å². The Kier molecular flexibility index (Phi) is 5.88. The van der Waals surface area contributed by atoms with Crippen LogP contribution in [-0.4, -0.2) is 35.8 Å². The number of methoxy groups -OCH3 is 1. The number of aromatic hydroxyl groups is 1. The molecule has 0 aliphatic carbocycles. The normalized spacial score (nSPS) is 10.4. The van der Waals surface area contributed by atoms with Gasteiger partial charge in [0.15, 0.2) is 5.75 Å². The van der Waals surface area contributed by atoms with E-state index in [2.05, 4.69) is 15.8 Å². The van der Waals surface area contributed by atoms with Gasteiger partial charge in [-0.1, -0.05) is 6.07 Å². The summed E-state index contributed by atoms with van der Waals surface area (Å²) in [5, 5.41) is 26.7. The summed E-state index contributed by atoms with van der Waals surface area (Å²) in [5.41, 5.74) is 2.94. The third-order valence-electron chi connectivity index (χ3n) is 3.12. The van der Waals surface area contributed by atoms with Gasteiger partial charge in [-0.3, -0.25) is 14.9 Å². The average Bonchev–Trinajstić information content (AvgIpc) is 2.61. The number of phenolic OH excluding ortho intramolecular Hbond substituents is 1. The number of ether oxygens (including phenoxy) is 1. The smallest absolute Gasteiger partial charge is 0.311 e. The van der Waals surface area contributed by atoms with Crippen molar-refractivity contribution in [3.63, 3.8) is 0 Å². The number of hydrogen-bond donors (Lipinski definition) is 3. The summed E-state index contributed by atoms with van der Waals surface area (Å²) in [7, 11) is 1.55. The Hall–Kier alpha value is -3.62. The Morgan fingerprint density at radius 3 is 2.88 bits per heavy atom. The second-order valence-electron chi connectivity index (χ2n) is 4.88. The molecule has 0 radical (unpaired) electrons. The molecule has 25 heavy (non-hydrogen) atoms. The highest BCUT2D eigenvalue weighted by Crippen LogP contribution is 2.25. The van der Waals surface area contributed by atoms with Gasteiger partial charge in [-0.15, -0.1) is 0 Å². The molecule has 0 heterocycles. The van der Waals surface area contributed by atoms with Gasteiger partial charge in [0, 0.05) is 23.4 Å². The van der Waals surface area contributed by atoms with Gasteiger partial charge >= 0.3 is 5.69 Å². The molecule has 0 fully saturated rings. The first-order valence-electron chi connectivity index (χ1n) is 7.17. The molecule has 0 unspecified atom stereocenters. The van der Waals surface area contributed by atoms with E-state index in [0.29, 0.717) is 17.0 Å². The number of nitrogens with one attached hydrogen (secondary N) is 2. The lowest BCUT2D eigenvalue weighted by molar-refractivity contribution is -0.385.